The molecule has 0 atom stereocenters. The molecule has 0 aliphatic heterocycles. The molecule has 1 aromatic carbocycles. The summed E-state index contributed by atoms with van der Waals surface area (Å²) in [5.74, 6) is -4.81. The average Bonchev–Trinajstić information content (AvgIpc) is 2.44. The maximum absolute atomic E-state index is 13.4. The third-order valence-corrected chi connectivity index (χ3v) is 3.72. The number of hydrogen-bond acceptors (Lipinski definition) is 2. The van der Waals surface area contributed by atoms with Gasteiger partial charge in [-0.1, -0.05) is 0 Å². The van der Waals surface area contributed by atoms with E-state index in [1.54, 1.807) is 0 Å². The summed E-state index contributed by atoms with van der Waals surface area (Å²) in [6.07, 6.45) is 3.61. The van der Waals surface area contributed by atoms with Crippen molar-refractivity contribution in [3.63, 3.8) is 0 Å². The van der Waals surface area contributed by atoms with Gasteiger partial charge in [-0.2, -0.15) is 0 Å². The molecule has 1 amide bonds. The van der Waals surface area contributed by atoms with Gasteiger partial charge < -0.3 is 11.1 Å². The van der Waals surface area contributed by atoms with Gasteiger partial charge in [0.1, 0.15) is 0 Å². The van der Waals surface area contributed by atoms with Crippen molar-refractivity contribution in [1.29, 1.82) is 0 Å². The average molecular weight is 286 g/mol. The van der Waals surface area contributed by atoms with Crippen molar-refractivity contribution in [3.8, 4) is 0 Å². The van der Waals surface area contributed by atoms with Crippen LogP contribution in [-0.2, 0) is 0 Å². The van der Waals surface area contributed by atoms with Gasteiger partial charge in [0, 0.05) is 12.6 Å². The Morgan fingerprint density at radius 2 is 1.80 bits per heavy atom. The Morgan fingerprint density at radius 3 is 2.45 bits per heavy atom. The summed E-state index contributed by atoms with van der Waals surface area (Å²) < 4.78 is 39.3. The molecular weight excluding hydrogens is 269 g/mol. The van der Waals surface area contributed by atoms with Crippen LogP contribution in [-0.4, -0.2) is 18.5 Å². The van der Waals surface area contributed by atoms with E-state index in [1.807, 2.05) is 0 Å². The van der Waals surface area contributed by atoms with E-state index in [4.69, 9.17) is 5.73 Å². The third kappa shape index (κ3) is 3.30. The first-order chi connectivity index (χ1) is 9.49. The van der Waals surface area contributed by atoms with Gasteiger partial charge in [-0.3, -0.25) is 4.79 Å². The topological polar surface area (TPSA) is 55.1 Å². The summed E-state index contributed by atoms with van der Waals surface area (Å²) in [4.78, 5) is 11.8. The molecule has 1 fully saturated rings. The van der Waals surface area contributed by atoms with Crippen LogP contribution in [0, 0.1) is 23.4 Å². The molecule has 110 valence electrons. The largest absolute Gasteiger partial charge is 0.352 e. The van der Waals surface area contributed by atoms with Gasteiger partial charge >= 0.3 is 0 Å². The number of halogens is 3. The lowest BCUT2D eigenvalue weighted by Gasteiger charge is -2.26. The van der Waals surface area contributed by atoms with Crippen molar-refractivity contribution < 1.29 is 18.0 Å². The number of amides is 1. The zero-order valence-corrected chi connectivity index (χ0v) is 11.0. The number of carbonyl (C=O) groups excluding carboxylic acids is 1. The van der Waals surface area contributed by atoms with Gasteiger partial charge in [0.2, 0.25) is 0 Å². The lowest BCUT2D eigenvalue weighted by molar-refractivity contribution is 0.0937. The molecule has 1 aliphatic carbocycles. The number of rotatable bonds is 3. The maximum atomic E-state index is 13.4. The van der Waals surface area contributed by atoms with E-state index in [1.165, 1.54) is 0 Å². The van der Waals surface area contributed by atoms with E-state index in [-0.39, 0.29) is 6.04 Å². The van der Waals surface area contributed by atoms with Gasteiger partial charge in [0.25, 0.3) is 5.91 Å². The first kappa shape index (κ1) is 14.8. The molecule has 20 heavy (non-hydrogen) atoms. The molecule has 0 radical (unpaired) electrons. The monoisotopic (exact) mass is 286 g/mol. The Labute approximate surface area is 115 Å². The Balaban J connectivity index is 1.94. The molecule has 0 aromatic heterocycles. The van der Waals surface area contributed by atoms with Crippen molar-refractivity contribution >= 4 is 5.91 Å². The van der Waals surface area contributed by atoms with Crippen molar-refractivity contribution in [2.45, 2.75) is 31.7 Å². The van der Waals surface area contributed by atoms with Crippen molar-refractivity contribution in [2.75, 3.05) is 6.54 Å². The summed E-state index contributed by atoms with van der Waals surface area (Å²) in [6.45, 7) is 0.393. The molecule has 1 aliphatic rings. The fraction of sp³-hybridized carbons (Fsp3) is 0.500. The highest BCUT2D eigenvalue weighted by Gasteiger charge is 2.21. The fourth-order valence-electron chi connectivity index (χ4n) is 2.43. The zero-order valence-electron chi connectivity index (χ0n) is 11.0. The van der Waals surface area contributed by atoms with E-state index in [2.05, 4.69) is 5.32 Å². The smallest absolute Gasteiger partial charge is 0.254 e. The van der Waals surface area contributed by atoms with E-state index < -0.39 is 28.9 Å². The predicted octanol–water partition coefficient (Wildman–Crippen LogP) is 2.35. The lowest BCUT2D eigenvalue weighted by Crippen LogP contribution is -2.34. The van der Waals surface area contributed by atoms with Crippen LogP contribution in [0.5, 0.6) is 0 Å². The second kappa shape index (κ2) is 6.26. The summed E-state index contributed by atoms with van der Waals surface area (Å²) in [5, 5.41) is 2.56. The quantitative estimate of drug-likeness (QED) is 0.838. The lowest BCUT2D eigenvalue weighted by atomic mass is 9.86. The van der Waals surface area contributed by atoms with Crippen LogP contribution in [0.1, 0.15) is 36.0 Å². The maximum Gasteiger partial charge on any atom is 0.254 e. The summed E-state index contributed by atoms with van der Waals surface area (Å²) in [6, 6.07) is 1.90. The van der Waals surface area contributed by atoms with E-state index in [0.717, 1.165) is 37.8 Å². The molecule has 0 bridgehead atoms. The number of nitrogens with two attached hydrogens (primary N) is 1. The number of benzene rings is 1. The van der Waals surface area contributed by atoms with Crippen LogP contribution in [0.25, 0.3) is 0 Å². The number of carbonyl (C=O) groups is 1. The molecule has 1 aromatic rings. The van der Waals surface area contributed by atoms with E-state index >= 15 is 0 Å². The summed E-state index contributed by atoms with van der Waals surface area (Å²) >= 11 is 0. The highest BCUT2D eigenvalue weighted by Crippen LogP contribution is 2.22. The van der Waals surface area contributed by atoms with Gasteiger partial charge in [0.05, 0.1) is 5.56 Å². The first-order valence-corrected chi connectivity index (χ1v) is 6.66. The molecule has 0 spiro atoms. The van der Waals surface area contributed by atoms with E-state index in [9.17, 15) is 18.0 Å². The molecule has 6 heteroatoms. The Bertz CT molecular complexity index is 499. The van der Waals surface area contributed by atoms with Crippen LogP contribution >= 0.6 is 0 Å². The van der Waals surface area contributed by atoms with Crippen molar-refractivity contribution in [2.24, 2.45) is 11.7 Å². The van der Waals surface area contributed by atoms with Crippen LogP contribution in [0.4, 0.5) is 13.2 Å². The van der Waals surface area contributed by atoms with Crippen LogP contribution in [0.2, 0.25) is 0 Å². The molecule has 0 saturated heterocycles. The van der Waals surface area contributed by atoms with Crippen LogP contribution in [0.15, 0.2) is 12.1 Å². The minimum atomic E-state index is -1.62. The molecule has 2 rings (SSSR count). The number of hydrogen-bond donors (Lipinski definition) is 2. The second-order valence-corrected chi connectivity index (χ2v) is 5.21. The highest BCUT2D eigenvalue weighted by molar-refractivity contribution is 5.94. The predicted molar refractivity (Wildman–Crippen MR) is 68.6 cm³/mol. The summed E-state index contributed by atoms with van der Waals surface area (Å²) in [5.41, 5.74) is 5.30. The Morgan fingerprint density at radius 1 is 1.15 bits per heavy atom. The first-order valence-electron chi connectivity index (χ1n) is 6.66. The minimum Gasteiger partial charge on any atom is -0.352 e. The Kier molecular flexibility index (Phi) is 4.65. The fourth-order valence-corrected chi connectivity index (χ4v) is 2.43. The van der Waals surface area contributed by atoms with Gasteiger partial charge in [0.15, 0.2) is 17.5 Å². The zero-order chi connectivity index (χ0) is 14.7. The van der Waals surface area contributed by atoms with E-state index in [0.29, 0.717) is 12.5 Å². The molecular formula is C14H17F3N2O. The van der Waals surface area contributed by atoms with Gasteiger partial charge in [-0.05, 0) is 43.7 Å². The van der Waals surface area contributed by atoms with Crippen LogP contribution < -0.4 is 11.1 Å². The molecule has 0 unspecified atom stereocenters. The normalized spacial score (nSPS) is 22.6. The SMILES string of the molecule is NC1CCC(CNC(=O)c2ccc(F)c(F)c2F)CC1. The second-order valence-electron chi connectivity index (χ2n) is 5.21. The molecule has 1 saturated carbocycles. The molecule has 3 N–H and O–H groups in total. The summed E-state index contributed by atoms with van der Waals surface area (Å²) in [7, 11) is 0. The minimum absolute atomic E-state index is 0.214. The third-order valence-electron chi connectivity index (χ3n) is 3.72. The molecule has 0 heterocycles. The highest BCUT2D eigenvalue weighted by atomic mass is 19.2. The van der Waals surface area contributed by atoms with Gasteiger partial charge in [-0.25, -0.2) is 13.2 Å². The standard InChI is InChI=1S/C14H17F3N2O/c15-11-6-5-10(12(16)13(11)17)14(20)19-7-8-1-3-9(18)4-2-8/h5-6,8-9H,1-4,7,18H2,(H,19,20). The van der Waals surface area contributed by atoms with Crippen molar-refractivity contribution in [1.82, 2.24) is 5.32 Å². The van der Waals surface area contributed by atoms with Gasteiger partial charge in [-0.15, -0.1) is 0 Å². The van der Waals surface area contributed by atoms with Crippen molar-refractivity contribution in [3.05, 3.63) is 35.1 Å². The molecule has 3 nitrogen and oxygen atoms in total. The Hall–Kier alpha value is -1.56. The number of nitrogens with one attached hydrogen (secondary N) is 1. The van der Waals surface area contributed by atoms with Crippen LogP contribution in [0.3, 0.4) is 0 Å².